The van der Waals surface area contributed by atoms with Crippen LogP contribution in [0.25, 0.3) is 6.08 Å². The maximum atomic E-state index is 13.4. The highest BCUT2D eigenvalue weighted by atomic mass is 16.6. The van der Waals surface area contributed by atoms with E-state index in [0.29, 0.717) is 23.5 Å². The first-order valence-electron chi connectivity index (χ1n) is 10.7. The van der Waals surface area contributed by atoms with Crippen molar-refractivity contribution in [2.75, 3.05) is 0 Å². The van der Waals surface area contributed by atoms with Gasteiger partial charge in [-0.1, -0.05) is 13.0 Å². The maximum Gasteiger partial charge on any atom is 0.269 e. The summed E-state index contributed by atoms with van der Waals surface area (Å²) in [5.74, 6) is 1.85. The van der Waals surface area contributed by atoms with Crippen LogP contribution in [0.5, 0.6) is 5.75 Å². The highest BCUT2D eigenvalue weighted by Crippen LogP contribution is 2.60. The van der Waals surface area contributed by atoms with Gasteiger partial charge in [0.15, 0.2) is 5.78 Å². The number of allylic oxidation sites excluding steroid dienone is 1. The summed E-state index contributed by atoms with van der Waals surface area (Å²) in [5, 5.41) is 20.7. The molecule has 0 aromatic heterocycles. The molecule has 2 saturated carbocycles. The Labute approximate surface area is 175 Å². The highest BCUT2D eigenvalue weighted by Gasteiger charge is 2.56. The van der Waals surface area contributed by atoms with Gasteiger partial charge < -0.3 is 5.11 Å². The molecule has 0 aliphatic heterocycles. The van der Waals surface area contributed by atoms with Gasteiger partial charge in [0.1, 0.15) is 5.75 Å². The normalized spacial score (nSPS) is 31.2. The number of hydrogen-bond acceptors (Lipinski definition) is 4. The van der Waals surface area contributed by atoms with Gasteiger partial charge in [0.2, 0.25) is 0 Å². The lowest BCUT2D eigenvalue weighted by Gasteiger charge is -2.48. The Hall–Kier alpha value is -2.95. The van der Waals surface area contributed by atoms with Crippen LogP contribution in [0.15, 0.2) is 48.0 Å². The second kappa shape index (κ2) is 6.79. The average molecular weight is 403 g/mol. The molecule has 0 heterocycles. The summed E-state index contributed by atoms with van der Waals surface area (Å²) in [5.41, 5.74) is 4.05. The van der Waals surface area contributed by atoms with E-state index in [4.69, 9.17) is 0 Å². The SMILES string of the molecule is CC12CCC3c4ccc(O)cc4CCC3C1C/C(=C\c1ccc([N+](=O)[O-])cc1)C2=O. The number of ketones is 1. The summed E-state index contributed by atoms with van der Waals surface area (Å²) in [4.78, 5) is 23.9. The van der Waals surface area contributed by atoms with E-state index in [9.17, 15) is 20.0 Å². The summed E-state index contributed by atoms with van der Waals surface area (Å²) in [6.07, 6.45) is 6.61. The standard InChI is InChI=1S/C25H25NO4/c1-25-11-10-21-20-9-7-19(27)13-16(20)4-8-22(21)23(25)14-17(24(25)28)12-15-2-5-18(6-3-15)26(29)30/h2-3,5-7,9,12-13,21-23,27H,4,8,10-11,14H2,1H3/b17-12+. The molecule has 1 N–H and O–H groups in total. The summed E-state index contributed by atoms with van der Waals surface area (Å²) < 4.78 is 0. The molecular formula is C25H25NO4. The van der Waals surface area contributed by atoms with Crippen molar-refractivity contribution in [2.45, 2.75) is 44.9 Å². The number of nitrogens with zero attached hydrogens (tertiary/aromatic N) is 1. The van der Waals surface area contributed by atoms with Crippen LogP contribution in [0.4, 0.5) is 5.69 Å². The molecule has 2 fully saturated rings. The Bertz CT molecular complexity index is 1070. The Morgan fingerprint density at radius 2 is 1.93 bits per heavy atom. The summed E-state index contributed by atoms with van der Waals surface area (Å²) in [6, 6.07) is 12.2. The van der Waals surface area contributed by atoms with E-state index < -0.39 is 4.92 Å². The Morgan fingerprint density at radius 3 is 2.67 bits per heavy atom. The zero-order chi connectivity index (χ0) is 21.0. The quantitative estimate of drug-likeness (QED) is 0.412. The number of fused-ring (bicyclic) bond motifs is 5. The summed E-state index contributed by atoms with van der Waals surface area (Å²) in [6.45, 7) is 2.14. The molecule has 0 amide bonds. The third-order valence-corrected chi connectivity index (χ3v) is 7.79. The number of hydrogen-bond donors (Lipinski definition) is 1. The van der Waals surface area contributed by atoms with Gasteiger partial charge in [-0.3, -0.25) is 14.9 Å². The molecule has 5 nitrogen and oxygen atoms in total. The van der Waals surface area contributed by atoms with Crippen molar-refractivity contribution in [3.8, 4) is 5.75 Å². The highest BCUT2D eigenvalue weighted by molar-refractivity contribution is 6.06. The van der Waals surface area contributed by atoms with Crippen LogP contribution in [0.1, 0.15) is 55.2 Å². The number of rotatable bonds is 2. The molecule has 3 aliphatic carbocycles. The van der Waals surface area contributed by atoms with Crippen LogP contribution in [0.2, 0.25) is 0 Å². The Kier molecular flexibility index (Phi) is 4.31. The number of benzene rings is 2. The van der Waals surface area contributed by atoms with E-state index in [1.165, 1.54) is 23.3 Å². The molecule has 2 aromatic carbocycles. The predicted octanol–water partition coefficient (Wildman–Crippen LogP) is 5.42. The number of non-ortho nitro benzene ring substituents is 1. The lowest BCUT2D eigenvalue weighted by Crippen LogP contribution is -2.42. The number of nitro benzene ring substituents is 1. The van der Waals surface area contributed by atoms with Gasteiger partial charge in [0, 0.05) is 17.5 Å². The van der Waals surface area contributed by atoms with Crippen molar-refractivity contribution in [2.24, 2.45) is 17.3 Å². The summed E-state index contributed by atoms with van der Waals surface area (Å²) in [7, 11) is 0. The van der Waals surface area contributed by atoms with Gasteiger partial charge in [-0.25, -0.2) is 0 Å². The molecule has 2 aromatic rings. The van der Waals surface area contributed by atoms with Gasteiger partial charge in [-0.05, 0) is 102 Å². The lowest BCUT2D eigenvalue weighted by atomic mass is 9.55. The van der Waals surface area contributed by atoms with Gasteiger partial charge in [-0.15, -0.1) is 0 Å². The zero-order valence-electron chi connectivity index (χ0n) is 17.0. The van der Waals surface area contributed by atoms with E-state index in [-0.39, 0.29) is 16.9 Å². The number of nitro groups is 1. The number of carbonyl (C=O) groups is 1. The molecule has 0 spiro atoms. The fourth-order valence-electron chi connectivity index (χ4n) is 6.26. The van der Waals surface area contributed by atoms with E-state index in [2.05, 4.69) is 13.0 Å². The van der Waals surface area contributed by atoms with Crippen molar-refractivity contribution in [1.82, 2.24) is 0 Å². The van der Waals surface area contributed by atoms with E-state index >= 15 is 0 Å². The number of phenolic OH excluding ortho intramolecular Hbond substituents is 1. The molecule has 3 aliphatic rings. The van der Waals surface area contributed by atoms with Gasteiger partial charge in [-0.2, -0.15) is 0 Å². The van der Waals surface area contributed by atoms with Crippen LogP contribution in [0.3, 0.4) is 0 Å². The first-order valence-corrected chi connectivity index (χ1v) is 10.7. The van der Waals surface area contributed by atoms with Crippen LogP contribution in [-0.2, 0) is 11.2 Å². The molecule has 4 atom stereocenters. The number of phenols is 1. The molecule has 4 unspecified atom stereocenters. The van der Waals surface area contributed by atoms with Crippen LogP contribution < -0.4 is 0 Å². The fraction of sp³-hybridized carbons (Fsp3) is 0.400. The molecule has 30 heavy (non-hydrogen) atoms. The zero-order valence-corrected chi connectivity index (χ0v) is 17.0. The molecule has 0 radical (unpaired) electrons. The fourth-order valence-corrected chi connectivity index (χ4v) is 6.26. The van der Waals surface area contributed by atoms with Crippen LogP contribution >= 0.6 is 0 Å². The monoisotopic (exact) mass is 403 g/mol. The van der Waals surface area contributed by atoms with E-state index in [1.54, 1.807) is 18.2 Å². The molecule has 154 valence electrons. The summed E-state index contributed by atoms with van der Waals surface area (Å²) >= 11 is 0. The number of Topliss-reactive ketones (excluding diaryl/α,β-unsaturated/α-hetero) is 1. The largest absolute Gasteiger partial charge is 0.508 e. The first kappa shape index (κ1) is 19.0. The van der Waals surface area contributed by atoms with Gasteiger partial charge in [0.05, 0.1) is 4.92 Å². The molecule has 0 bridgehead atoms. The van der Waals surface area contributed by atoms with Gasteiger partial charge >= 0.3 is 0 Å². The lowest BCUT2D eigenvalue weighted by molar-refractivity contribution is -0.384. The van der Waals surface area contributed by atoms with Crippen molar-refractivity contribution in [3.05, 3.63) is 74.8 Å². The molecular weight excluding hydrogens is 378 g/mol. The minimum absolute atomic E-state index is 0.0604. The third kappa shape index (κ3) is 2.87. The maximum absolute atomic E-state index is 13.4. The van der Waals surface area contributed by atoms with Crippen molar-refractivity contribution >= 4 is 17.5 Å². The van der Waals surface area contributed by atoms with Crippen LogP contribution in [0, 0.1) is 27.4 Å². The van der Waals surface area contributed by atoms with E-state index in [0.717, 1.165) is 43.2 Å². The third-order valence-electron chi connectivity index (χ3n) is 7.79. The molecule has 0 saturated heterocycles. The predicted molar refractivity (Wildman–Crippen MR) is 114 cm³/mol. The molecule has 5 rings (SSSR count). The van der Waals surface area contributed by atoms with Crippen LogP contribution in [-0.4, -0.2) is 15.8 Å². The average Bonchev–Trinajstić information content (AvgIpc) is 2.98. The number of aromatic hydroxyl groups is 1. The minimum Gasteiger partial charge on any atom is -0.508 e. The Morgan fingerprint density at radius 1 is 1.17 bits per heavy atom. The van der Waals surface area contributed by atoms with Crippen molar-refractivity contribution in [1.29, 1.82) is 0 Å². The smallest absolute Gasteiger partial charge is 0.269 e. The second-order valence-electron chi connectivity index (χ2n) is 9.31. The topological polar surface area (TPSA) is 80.4 Å². The van der Waals surface area contributed by atoms with Gasteiger partial charge in [0.25, 0.3) is 5.69 Å². The number of aryl methyl sites for hydroxylation is 1. The Balaban J connectivity index is 1.45. The number of carbonyl (C=O) groups excluding carboxylic acids is 1. The van der Waals surface area contributed by atoms with Crippen molar-refractivity contribution < 1.29 is 14.8 Å². The minimum atomic E-state index is -0.409. The van der Waals surface area contributed by atoms with Crippen molar-refractivity contribution in [3.63, 3.8) is 0 Å². The first-order chi connectivity index (χ1) is 14.4. The van der Waals surface area contributed by atoms with E-state index in [1.807, 2.05) is 12.1 Å². The second-order valence-corrected chi connectivity index (χ2v) is 9.31. The molecule has 5 heteroatoms.